The molecular weight excluding hydrogens is 494 g/mol. The molecule has 1 saturated heterocycles. The molecule has 0 saturated carbocycles. The van der Waals surface area contributed by atoms with E-state index in [2.05, 4.69) is 25.8 Å². The number of H-pyrrole nitrogens is 1. The zero-order valence-corrected chi connectivity index (χ0v) is 21.4. The lowest BCUT2D eigenvalue weighted by atomic mass is 9.97. The molecule has 3 heterocycles. The van der Waals surface area contributed by atoms with Crippen LogP contribution in [-0.2, 0) is 14.4 Å². The highest BCUT2D eigenvalue weighted by Crippen LogP contribution is 2.29. The molecule has 1 aromatic carbocycles. The Hall–Kier alpha value is -4.15. The molecule has 1 aliphatic rings. The van der Waals surface area contributed by atoms with Crippen LogP contribution in [0.3, 0.4) is 0 Å². The maximum Gasteiger partial charge on any atom is 0.243 e. The van der Waals surface area contributed by atoms with E-state index >= 15 is 0 Å². The molecule has 3 atom stereocenters. The molecule has 3 aromatic rings. The summed E-state index contributed by atoms with van der Waals surface area (Å²) in [5, 5.41) is 12.1. The van der Waals surface area contributed by atoms with Gasteiger partial charge in [0.15, 0.2) is 0 Å². The average molecular weight is 525 g/mol. The number of pyridine rings is 1. The monoisotopic (exact) mass is 524 g/mol. The lowest BCUT2D eigenvalue weighted by Gasteiger charge is -2.27. The summed E-state index contributed by atoms with van der Waals surface area (Å²) in [4.78, 5) is 42.6. The Morgan fingerprint density at radius 3 is 2.63 bits per heavy atom. The van der Waals surface area contributed by atoms with Crippen LogP contribution in [0, 0.1) is 5.95 Å². The van der Waals surface area contributed by atoms with Gasteiger partial charge in [-0.2, -0.15) is 9.49 Å². The molecule has 11 heteroatoms. The van der Waals surface area contributed by atoms with Gasteiger partial charge in [-0.15, -0.1) is 0 Å². The van der Waals surface area contributed by atoms with Crippen molar-refractivity contribution >= 4 is 17.7 Å². The topological polar surface area (TPSA) is 120 Å². The van der Waals surface area contributed by atoms with E-state index in [1.807, 2.05) is 26.0 Å². The number of nitrogens with zero attached hydrogens (tertiary/aromatic N) is 3. The van der Waals surface area contributed by atoms with Gasteiger partial charge in [0.05, 0.1) is 30.5 Å². The summed E-state index contributed by atoms with van der Waals surface area (Å²) in [5.41, 5.74) is 2.84. The van der Waals surface area contributed by atoms with Gasteiger partial charge < -0.3 is 15.5 Å². The number of carbonyl (C=O) groups excluding carboxylic acids is 3. The van der Waals surface area contributed by atoms with E-state index in [1.54, 1.807) is 36.5 Å². The van der Waals surface area contributed by atoms with Crippen molar-refractivity contribution in [3.63, 3.8) is 0 Å². The van der Waals surface area contributed by atoms with Crippen molar-refractivity contribution in [2.24, 2.45) is 0 Å². The number of nitrogens with one attached hydrogen (secondary N) is 3. The highest BCUT2D eigenvalue weighted by molar-refractivity contribution is 5.91. The summed E-state index contributed by atoms with van der Waals surface area (Å²) in [6, 6.07) is 10.3. The summed E-state index contributed by atoms with van der Waals surface area (Å²) in [6.07, 6.45) is 0.0326. The highest BCUT2D eigenvalue weighted by Gasteiger charge is 2.40. The van der Waals surface area contributed by atoms with Crippen LogP contribution in [0.2, 0.25) is 0 Å². The number of likely N-dealkylation sites (tertiary alicyclic amines) is 1. The molecule has 1 unspecified atom stereocenters. The molecule has 0 aliphatic carbocycles. The summed E-state index contributed by atoms with van der Waals surface area (Å²) in [6.45, 7) is 4.37. The predicted molar refractivity (Wildman–Crippen MR) is 136 cm³/mol. The number of carbonyl (C=O) groups is 3. The van der Waals surface area contributed by atoms with Crippen LogP contribution < -0.4 is 10.6 Å². The Bertz CT molecular complexity index is 1310. The molecule has 2 aromatic heterocycles. The van der Waals surface area contributed by atoms with Crippen LogP contribution in [0.25, 0.3) is 11.3 Å². The Balaban J connectivity index is 1.67. The summed E-state index contributed by atoms with van der Waals surface area (Å²) < 4.78 is 29.3. The molecule has 0 radical (unpaired) electrons. The third kappa shape index (κ3) is 6.04. The molecule has 200 valence electrons. The number of alkyl halides is 1. The zero-order chi connectivity index (χ0) is 27.4. The number of aromatic amines is 1. The Morgan fingerprint density at radius 1 is 1.18 bits per heavy atom. The number of halogens is 2. The zero-order valence-electron chi connectivity index (χ0n) is 21.4. The van der Waals surface area contributed by atoms with Crippen molar-refractivity contribution in [1.82, 2.24) is 30.7 Å². The first kappa shape index (κ1) is 26.9. The fraction of sp³-hybridized carbons (Fsp3) is 0.370. The third-order valence-corrected chi connectivity index (χ3v) is 6.50. The average Bonchev–Trinajstić information content (AvgIpc) is 3.56. The molecule has 1 fully saturated rings. The van der Waals surface area contributed by atoms with Crippen LogP contribution in [0.1, 0.15) is 56.0 Å². The van der Waals surface area contributed by atoms with Crippen LogP contribution in [0.15, 0.2) is 48.7 Å². The van der Waals surface area contributed by atoms with Gasteiger partial charge in [-0.25, -0.2) is 9.37 Å². The SMILES string of the molecule is CC(=O)NCC(=O)N1C[C@H](F)C[C@H]1C(=O)NC(c1cccc(-c2ccn[nH]2)c1)c1ccc(C(C)C)c(F)n1. The first-order valence-corrected chi connectivity index (χ1v) is 12.4. The number of rotatable bonds is 8. The number of amides is 3. The molecular formula is C27H30F2N6O3. The first-order valence-electron chi connectivity index (χ1n) is 12.4. The van der Waals surface area contributed by atoms with Crippen LogP contribution >= 0.6 is 0 Å². The molecule has 1 aliphatic heterocycles. The van der Waals surface area contributed by atoms with Crippen molar-refractivity contribution in [3.8, 4) is 11.3 Å². The van der Waals surface area contributed by atoms with Gasteiger partial charge in [-0.1, -0.05) is 38.1 Å². The standard InChI is InChI=1S/C27H30F2N6O3/c1-15(2)20-7-8-22(32-26(20)29)25(18-6-4-5-17(11-18)21-9-10-31-34-21)33-27(38)23-12-19(28)14-35(23)24(37)13-30-16(3)36/h4-11,15,19,23,25H,12-14H2,1-3H3,(H,30,36)(H,31,34)(H,33,38)/t19-,23+,25?/m1/s1. The number of aromatic nitrogens is 3. The van der Waals surface area contributed by atoms with Gasteiger partial charge >= 0.3 is 0 Å². The van der Waals surface area contributed by atoms with Gasteiger partial charge in [-0.05, 0) is 35.2 Å². The Kier molecular flexibility index (Phi) is 8.13. The van der Waals surface area contributed by atoms with E-state index < -0.39 is 41.9 Å². The fourth-order valence-electron chi connectivity index (χ4n) is 4.53. The van der Waals surface area contributed by atoms with Crippen molar-refractivity contribution < 1.29 is 23.2 Å². The minimum absolute atomic E-state index is 0.0866. The van der Waals surface area contributed by atoms with Crippen molar-refractivity contribution in [2.75, 3.05) is 13.1 Å². The van der Waals surface area contributed by atoms with Crippen molar-refractivity contribution in [3.05, 3.63) is 71.4 Å². The minimum Gasteiger partial charge on any atom is -0.347 e. The van der Waals surface area contributed by atoms with E-state index in [0.717, 1.165) is 16.2 Å². The van der Waals surface area contributed by atoms with E-state index in [9.17, 15) is 23.2 Å². The normalized spacial score (nSPS) is 17.9. The summed E-state index contributed by atoms with van der Waals surface area (Å²) >= 11 is 0. The maximum absolute atomic E-state index is 14.9. The number of hydrogen-bond donors (Lipinski definition) is 3. The molecule has 0 bridgehead atoms. The smallest absolute Gasteiger partial charge is 0.243 e. The van der Waals surface area contributed by atoms with Gasteiger partial charge in [0.25, 0.3) is 0 Å². The molecule has 3 amide bonds. The maximum atomic E-state index is 14.9. The number of hydrogen-bond acceptors (Lipinski definition) is 5. The van der Waals surface area contributed by atoms with Crippen LogP contribution in [0.4, 0.5) is 8.78 Å². The molecule has 38 heavy (non-hydrogen) atoms. The molecule has 0 spiro atoms. The lowest BCUT2D eigenvalue weighted by molar-refractivity contribution is -0.138. The Morgan fingerprint density at radius 2 is 1.97 bits per heavy atom. The second-order valence-electron chi connectivity index (χ2n) is 9.61. The third-order valence-electron chi connectivity index (χ3n) is 6.50. The fourth-order valence-corrected chi connectivity index (χ4v) is 4.53. The minimum atomic E-state index is -1.39. The summed E-state index contributed by atoms with van der Waals surface area (Å²) in [7, 11) is 0. The highest BCUT2D eigenvalue weighted by atomic mass is 19.1. The molecule has 9 nitrogen and oxygen atoms in total. The predicted octanol–water partition coefficient (Wildman–Crippen LogP) is 3.01. The second kappa shape index (κ2) is 11.5. The van der Waals surface area contributed by atoms with Crippen LogP contribution in [0.5, 0.6) is 0 Å². The van der Waals surface area contributed by atoms with Crippen molar-refractivity contribution in [1.29, 1.82) is 0 Å². The lowest BCUT2D eigenvalue weighted by Crippen LogP contribution is -2.49. The van der Waals surface area contributed by atoms with Gasteiger partial charge in [0, 0.05) is 25.1 Å². The number of benzene rings is 1. The van der Waals surface area contributed by atoms with E-state index in [4.69, 9.17) is 0 Å². The van der Waals surface area contributed by atoms with E-state index in [-0.39, 0.29) is 31.1 Å². The quantitative estimate of drug-likeness (QED) is 0.392. The van der Waals surface area contributed by atoms with Crippen LogP contribution in [-0.4, -0.2) is 63.1 Å². The van der Waals surface area contributed by atoms with E-state index in [0.29, 0.717) is 11.1 Å². The first-order chi connectivity index (χ1) is 18.1. The molecule has 3 N–H and O–H groups in total. The second-order valence-corrected chi connectivity index (χ2v) is 9.61. The Labute approximate surface area is 219 Å². The van der Waals surface area contributed by atoms with Gasteiger partial charge in [0.2, 0.25) is 23.7 Å². The van der Waals surface area contributed by atoms with Gasteiger partial charge in [0.1, 0.15) is 12.2 Å². The van der Waals surface area contributed by atoms with Gasteiger partial charge in [-0.3, -0.25) is 19.5 Å². The van der Waals surface area contributed by atoms with E-state index in [1.165, 1.54) is 6.92 Å². The summed E-state index contributed by atoms with van der Waals surface area (Å²) in [5.74, 6) is -2.31. The molecule has 4 rings (SSSR count). The largest absolute Gasteiger partial charge is 0.347 e. The van der Waals surface area contributed by atoms with Crippen molar-refractivity contribution in [2.45, 2.75) is 51.4 Å².